The maximum Gasteiger partial charge on any atom is 0.417 e. The van der Waals surface area contributed by atoms with Gasteiger partial charge in [0.05, 0.1) is 11.8 Å². The van der Waals surface area contributed by atoms with Gasteiger partial charge in [0.1, 0.15) is 11.8 Å². The van der Waals surface area contributed by atoms with Gasteiger partial charge in [0, 0.05) is 9.92 Å². The number of halogens is 4. The summed E-state index contributed by atoms with van der Waals surface area (Å²) in [6, 6.07) is 3.61. The number of hydrogen-bond acceptors (Lipinski definition) is 4. The predicted molar refractivity (Wildman–Crippen MR) is 72.3 cm³/mol. The van der Waals surface area contributed by atoms with Crippen LogP contribution in [-0.2, 0) is 6.18 Å². The van der Waals surface area contributed by atoms with Crippen molar-refractivity contribution in [3.63, 3.8) is 0 Å². The van der Waals surface area contributed by atoms with E-state index in [4.69, 9.17) is 11.6 Å². The maximum absolute atomic E-state index is 13.0. The molecule has 0 spiro atoms. The molecule has 0 radical (unpaired) electrons. The van der Waals surface area contributed by atoms with Crippen molar-refractivity contribution in [1.82, 2.24) is 19.9 Å². The third-order valence-corrected chi connectivity index (χ3v) is 3.79. The summed E-state index contributed by atoms with van der Waals surface area (Å²) < 4.78 is 39.0. The summed E-state index contributed by atoms with van der Waals surface area (Å²) in [5.41, 5.74) is 0.157. The molecule has 1 aromatic carbocycles. The summed E-state index contributed by atoms with van der Waals surface area (Å²) in [6.07, 6.45) is -1.66. The molecule has 0 aliphatic carbocycles. The van der Waals surface area contributed by atoms with Crippen molar-refractivity contribution in [2.45, 2.75) is 16.2 Å². The summed E-state index contributed by atoms with van der Waals surface area (Å²) in [5, 5.41) is 0.334. The quantitative estimate of drug-likeness (QED) is 0.766. The molecule has 2 aromatic heterocycles. The van der Waals surface area contributed by atoms with Crippen molar-refractivity contribution in [1.29, 1.82) is 0 Å². The molecule has 3 rings (SSSR count). The first-order valence-corrected chi connectivity index (χ1v) is 6.83. The zero-order valence-electron chi connectivity index (χ0n) is 10.1. The average Bonchev–Trinajstić information content (AvgIpc) is 2.82. The Kier molecular flexibility index (Phi) is 3.50. The number of aromatic nitrogens is 4. The third kappa shape index (κ3) is 2.96. The molecule has 0 aliphatic rings. The van der Waals surface area contributed by atoms with E-state index in [9.17, 15) is 13.2 Å². The zero-order valence-corrected chi connectivity index (χ0v) is 11.7. The molecule has 0 aliphatic heterocycles. The van der Waals surface area contributed by atoms with Crippen LogP contribution < -0.4 is 0 Å². The van der Waals surface area contributed by atoms with E-state index in [0.29, 0.717) is 16.3 Å². The Labute approximate surface area is 125 Å². The van der Waals surface area contributed by atoms with Crippen molar-refractivity contribution in [2.24, 2.45) is 0 Å². The van der Waals surface area contributed by atoms with Crippen LogP contribution in [0.3, 0.4) is 0 Å². The molecule has 0 atom stereocenters. The minimum absolute atomic E-state index is 0.0129. The molecule has 0 saturated carbocycles. The molecular weight excluding hydrogens is 325 g/mol. The fourth-order valence-corrected chi connectivity index (χ4v) is 2.80. The number of fused-ring (bicyclic) bond motifs is 1. The largest absolute Gasteiger partial charge is 0.417 e. The normalized spacial score (nSPS) is 12.0. The zero-order chi connectivity index (χ0) is 15.0. The highest BCUT2D eigenvalue weighted by atomic mass is 35.5. The predicted octanol–water partition coefficient (Wildman–Crippen LogP) is 4.18. The Bertz CT molecular complexity index is 770. The highest BCUT2D eigenvalue weighted by molar-refractivity contribution is 7.99. The van der Waals surface area contributed by atoms with Crippen LogP contribution in [0.15, 0.2) is 40.8 Å². The van der Waals surface area contributed by atoms with Gasteiger partial charge in [-0.05, 0) is 18.2 Å². The number of hydrogen-bond donors (Lipinski definition) is 1. The van der Waals surface area contributed by atoms with Crippen LogP contribution >= 0.6 is 23.4 Å². The van der Waals surface area contributed by atoms with Crippen molar-refractivity contribution in [3.8, 4) is 0 Å². The lowest BCUT2D eigenvalue weighted by Crippen LogP contribution is -2.06. The standard InChI is InChI=1S/C12H6ClF3N4S/c13-6-1-2-9(7(3-6)12(14,15)16)21-11-19-8-4-17-5-18-10(8)20-11/h1-5H,(H,17,18,19,20). The van der Waals surface area contributed by atoms with Crippen LogP contribution in [0.2, 0.25) is 5.02 Å². The Morgan fingerprint density at radius 3 is 2.76 bits per heavy atom. The second kappa shape index (κ2) is 5.19. The van der Waals surface area contributed by atoms with Gasteiger partial charge in [-0.2, -0.15) is 13.2 Å². The Morgan fingerprint density at radius 1 is 1.24 bits per heavy atom. The number of nitrogens with one attached hydrogen (secondary N) is 1. The lowest BCUT2D eigenvalue weighted by atomic mass is 10.2. The second-order valence-corrected chi connectivity index (χ2v) is 5.51. The molecular formula is C12H6ClF3N4S. The molecule has 21 heavy (non-hydrogen) atoms. The summed E-state index contributed by atoms with van der Waals surface area (Å²) in [5.74, 6) is 0. The average molecular weight is 331 g/mol. The molecule has 1 N–H and O–H groups in total. The van der Waals surface area contributed by atoms with E-state index in [-0.39, 0.29) is 9.92 Å². The number of imidazole rings is 1. The summed E-state index contributed by atoms with van der Waals surface area (Å²) in [7, 11) is 0. The van der Waals surface area contributed by atoms with Crippen LogP contribution in [0.4, 0.5) is 13.2 Å². The Morgan fingerprint density at radius 2 is 2.05 bits per heavy atom. The van der Waals surface area contributed by atoms with E-state index in [1.165, 1.54) is 24.7 Å². The number of nitrogens with zero attached hydrogens (tertiary/aromatic N) is 3. The molecule has 9 heteroatoms. The van der Waals surface area contributed by atoms with Crippen LogP contribution in [0.5, 0.6) is 0 Å². The van der Waals surface area contributed by atoms with Crippen LogP contribution in [0, 0.1) is 0 Å². The van der Waals surface area contributed by atoms with E-state index >= 15 is 0 Å². The van der Waals surface area contributed by atoms with Gasteiger partial charge in [-0.3, -0.25) is 0 Å². The third-order valence-electron chi connectivity index (χ3n) is 2.59. The molecule has 0 saturated heterocycles. The second-order valence-electron chi connectivity index (χ2n) is 4.04. The highest BCUT2D eigenvalue weighted by Crippen LogP contribution is 2.40. The number of aromatic amines is 1. The van der Waals surface area contributed by atoms with Crippen molar-refractivity contribution < 1.29 is 13.2 Å². The van der Waals surface area contributed by atoms with Crippen LogP contribution in [-0.4, -0.2) is 19.9 Å². The molecule has 2 heterocycles. The number of H-pyrrole nitrogens is 1. The minimum atomic E-state index is -4.49. The summed E-state index contributed by atoms with van der Waals surface area (Å²) in [6.45, 7) is 0. The topological polar surface area (TPSA) is 54.5 Å². The lowest BCUT2D eigenvalue weighted by molar-refractivity contribution is -0.139. The SMILES string of the molecule is FC(F)(F)c1cc(Cl)ccc1Sc1nc2ncncc2[nH]1. The van der Waals surface area contributed by atoms with Crippen molar-refractivity contribution in [2.75, 3.05) is 0 Å². The fraction of sp³-hybridized carbons (Fsp3) is 0.0833. The number of benzene rings is 1. The van der Waals surface area contributed by atoms with E-state index in [0.717, 1.165) is 17.8 Å². The van der Waals surface area contributed by atoms with Gasteiger partial charge in [-0.15, -0.1) is 0 Å². The van der Waals surface area contributed by atoms with E-state index in [1.807, 2.05) is 0 Å². The Hall–Kier alpha value is -1.80. The van der Waals surface area contributed by atoms with E-state index in [2.05, 4.69) is 19.9 Å². The molecule has 0 amide bonds. The van der Waals surface area contributed by atoms with Crippen LogP contribution in [0.25, 0.3) is 11.2 Å². The fourth-order valence-electron chi connectivity index (χ4n) is 1.70. The van der Waals surface area contributed by atoms with E-state index < -0.39 is 11.7 Å². The van der Waals surface area contributed by atoms with Gasteiger partial charge in [0.15, 0.2) is 10.8 Å². The molecule has 0 unspecified atom stereocenters. The van der Waals surface area contributed by atoms with E-state index in [1.54, 1.807) is 0 Å². The van der Waals surface area contributed by atoms with Gasteiger partial charge in [0.2, 0.25) is 0 Å². The molecule has 0 fully saturated rings. The van der Waals surface area contributed by atoms with Gasteiger partial charge < -0.3 is 4.98 Å². The van der Waals surface area contributed by atoms with Crippen molar-refractivity contribution >= 4 is 34.5 Å². The molecule has 0 bridgehead atoms. The first-order valence-electron chi connectivity index (χ1n) is 5.64. The molecule has 4 nitrogen and oxygen atoms in total. The van der Waals surface area contributed by atoms with Crippen molar-refractivity contribution in [3.05, 3.63) is 41.3 Å². The van der Waals surface area contributed by atoms with Gasteiger partial charge in [-0.25, -0.2) is 15.0 Å². The highest BCUT2D eigenvalue weighted by Gasteiger charge is 2.34. The monoisotopic (exact) mass is 330 g/mol. The smallest absolute Gasteiger partial charge is 0.330 e. The molecule has 108 valence electrons. The van der Waals surface area contributed by atoms with Gasteiger partial charge >= 0.3 is 6.18 Å². The minimum Gasteiger partial charge on any atom is -0.330 e. The first-order chi connectivity index (χ1) is 9.93. The first kappa shape index (κ1) is 14.2. The maximum atomic E-state index is 13.0. The van der Waals surface area contributed by atoms with Crippen LogP contribution in [0.1, 0.15) is 5.56 Å². The Balaban J connectivity index is 2.01. The van der Waals surface area contributed by atoms with Gasteiger partial charge in [0.25, 0.3) is 0 Å². The van der Waals surface area contributed by atoms with Gasteiger partial charge in [-0.1, -0.05) is 23.4 Å². The summed E-state index contributed by atoms with van der Waals surface area (Å²) >= 11 is 6.50. The summed E-state index contributed by atoms with van der Waals surface area (Å²) in [4.78, 5) is 14.7. The molecule has 3 aromatic rings. The number of rotatable bonds is 2. The lowest BCUT2D eigenvalue weighted by Gasteiger charge is -2.11. The number of alkyl halides is 3.